The molecule has 0 saturated heterocycles. The fourth-order valence-electron chi connectivity index (χ4n) is 3.01. The molecule has 2 N–H and O–H groups in total. The van der Waals surface area contributed by atoms with Gasteiger partial charge in [0.2, 0.25) is 5.91 Å². The average molecular weight is 367 g/mol. The third-order valence-corrected chi connectivity index (χ3v) is 4.73. The molecule has 2 amide bonds. The van der Waals surface area contributed by atoms with Crippen molar-refractivity contribution in [1.82, 2.24) is 20.6 Å². The van der Waals surface area contributed by atoms with Crippen LogP contribution in [0.3, 0.4) is 0 Å². The molecule has 0 bridgehead atoms. The van der Waals surface area contributed by atoms with Crippen LogP contribution in [0.5, 0.6) is 0 Å². The monoisotopic (exact) mass is 366 g/mol. The van der Waals surface area contributed by atoms with Crippen LogP contribution in [0.1, 0.15) is 57.2 Å². The van der Waals surface area contributed by atoms with E-state index in [0.717, 1.165) is 43.5 Å². The number of nitrogens with zero attached hydrogens (tertiary/aromatic N) is 2. The van der Waals surface area contributed by atoms with Crippen molar-refractivity contribution in [3.63, 3.8) is 0 Å². The highest BCUT2D eigenvalue weighted by atomic mass is 35.5. The summed E-state index contributed by atoms with van der Waals surface area (Å²) in [7, 11) is 0. The number of hydrogen-bond acceptors (Lipinski definition) is 3. The number of amides is 2. The lowest BCUT2D eigenvalue weighted by molar-refractivity contribution is -0.130. The average Bonchev–Trinajstić information content (AvgIpc) is 2.84. The lowest BCUT2D eigenvalue weighted by atomic mass is 9.89. The zero-order chi connectivity index (χ0) is 18.4. The zero-order valence-electron chi connectivity index (χ0n) is 15.1. The molecule has 0 radical (unpaired) electrons. The van der Waals surface area contributed by atoms with Crippen LogP contribution in [0.25, 0.3) is 6.08 Å². The minimum absolute atomic E-state index is 0.00369. The van der Waals surface area contributed by atoms with Gasteiger partial charge in [-0.3, -0.25) is 25.1 Å². The number of aryl methyl sites for hydroxylation is 1. The van der Waals surface area contributed by atoms with Crippen molar-refractivity contribution >= 4 is 29.5 Å². The van der Waals surface area contributed by atoms with Crippen molar-refractivity contribution in [2.24, 2.45) is 11.8 Å². The number of hydrazine groups is 1. The molecule has 0 unspecified atom stereocenters. The van der Waals surface area contributed by atoms with Crippen molar-refractivity contribution in [1.29, 1.82) is 0 Å². The molecular weight excluding hydrogens is 340 g/mol. The Hall–Kier alpha value is -1.82. The minimum atomic E-state index is -0.392. The molecule has 25 heavy (non-hydrogen) atoms. The zero-order valence-corrected chi connectivity index (χ0v) is 15.9. The van der Waals surface area contributed by atoms with Gasteiger partial charge in [0.1, 0.15) is 5.15 Å². The van der Waals surface area contributed by atoms with Gasteiger partial charge in [0, 0.05) is 24.1 Å². The van der Waals surface area contributed by atoms with E-state index in [0.29, 0.717) is 11.1 Å². The highest BCUT2D eigenvalue weighted by Gasteiger charge is 2.21. The summed E-state index contributed by atoms with van der Waals surface area (Å²) in [5, 5.41) is 4.91. The van der Waals surface area contributed by atoms with Gasteiger partial charge in [0.25, 0.3) is 5.91 Å². The minimum Gasteiger partial charge on any atom is -0.273 e. The number of nitrogens with one attached hydrogen (secondary N) is 2. The lowest BCUT2D eigenvalue weighted by Gasteiger charge is -2.20. The van der Waals surface area contributed by atoms with E-state index in [-0.39, 0.29) is 11.8 Å². The predicted molar refractivity (Wildman–Crippen MR) is 98.7 cm³/mol. The highest BCUT2D eigenvalue weighted by Crippen LogP contribution is 2.23. The lowest BCUT2D eigenvalue weighted by Crippen LogP contribution is -2.44. The topological polar surface area (TPSA) is 76.0 Å². The summed E-state index contributed by atoms with van der Waals surface area (Å²) in [6, 6.07) is 0. The number of carbonyl (C=O) groups is 2. The first-order chi connectivity index (χ1) is 11.9. The molecule has 1 aromatic rings. The molecule has 1 heterocycles. The van der Waals surface area contributed by atoms with Gasteiger partial charge >= 0.3 is 0 Å². The number of rotatable bonds is 5. The summed E-state index contributed by atoms with van der Waals surface area (Å²) in [6.07, 6.45) is 8.10. The summed E-state index contributed by atoms with van der Waals surface area (Å²) < 4.78 is 1.74. The van der Waals surface area contributed by atoms with Gasteiger partial charge in [-0.1, -0.05) is 44.7 Å². The molecule has 1 aromatic heterocycles. The van der Waals surface area contributed by atoms with Gasteiger partial charge in [-0.15, -0.1) is 0 Å². The van der Waals surface area contributed by atoms with Crippen molar-refractivity contribution < 1.29 is 9.59 Å². The van der Waals surface area contributed by atoms with Crippen molar-refractivity contribution in [3.8, 4) is 0 Å². The quantitative estimate of drug-likeness (QED) is 0.620. The second-order valence-corrected chi connectivity index (χ2v) is 7.37. The Bertz CT molecular complexity index is 646. The standard InChI is InChI=1S/C18H27ClN4O2/c1-12(2)11-23-17(19)15(13(3)22-23)9-10-16(24)20-21-18(25)14-7-5-4-6-8-14/h9-10,12,14H,4-8,11H2,1-3H3,(H,20,24)(H,21,25)/b10-9+. The molecular formula is C18H27ClN4O2. The molecule has 1 fully saturated rings. The normalized spacial score (nSPS) is 15.7. The van der Waals surface area contributed by atoms with Crippen LogP contribution in [0.4, 0.5) is 0 Å². The van der Waals surface area contributed by atoms with Crippen LogP contribution in [-0.4, -0.2) is 21.6 Å². The van der Waals surface area contributed by atoms with E-state index in [9.17, 15) is 9.59 Å². The number of carbonyl (C=O) groups excluding carboxylic acids is 2. The first kappa shape index (κ1) is 19.5. The number of aromatic nitrogens is 2. The van der Waals surface area contributed by atoms with Gasteiger partial charge in [-0.25, -0.2) is 0 Å². The highest BCUT2D eigenvalue weighted by molar-refractivity contribution is 6.31. The van der Waals surface area contributed by atoms with Gasteiger partial charge in [-0.2, -0.15) is 5.10 Å². The van der Waals surface area contributed by atoms with E-state index in [1.165, 1.54) is 12.5 Å². The molecule has 1 saturated carbocycles. The Balaban J connectivity index is 1.89. The fourth-order valence-corrected chi connectivity index (χ4v) is 3.32. The third-order valence-electron chi connectivity index (χ3n) is 4.33. The molecule has 0 aliphatic heterocycles. The summed E-state index contributed by atoms with van der Waals surface area (Å²) in [4.78, 5) is 23.9. The molecule has 0 atom stereocenters. The molecule has 2 rings (SSSR count). The molecule has 7 heteroatoms. The van der Waals surface area contributed by atoms with Crippen LogP contribution >= 0.6 is 11.6 Å². The fraction of sp³-hybridized carbons (Fsp3) is 0.611. The Morgan fingerprint density at radius 3 is 2.60 bits per heavy atom. The van der Waals surface area contributed by atoms with Crippen molar-refractivity contribution in [2.45, 2.75) is 59.4 Å². The van der Waals surface area contributed by atoms with Gasteiger partial charge in [0.05, 0.1) is 5.69 Å². The maximum Gasteiger partial charge on any atom is 0.262 e. The molecule has 1 aliphatic carbocycles. The summed E-state index contributed by atoms with van der Waals surface area (Å²) in [5.41, 5.74) is 6.42. The van der Waals surface area contributed by atoms with Gasteiger partial charge in [-0.05, 0) is 31.8 Å². The Kier molecular flexibility index (Phi) is 7.05. The Labute approximate surface area is 154 Å². The molecule has 0 spiro atoms. The first-order valence-corrected chi connectivity index (χ1v) is 9.27. The Morgan fingerprint density at radius 1 is 1.28 bits per heavy atom. The molecule has 6 nitrogen and oxygen atoms in total. The predicted octanol–water partition coefficient (Wildman–Crippen LogP) is 3.24. The van der Waals surface area contributed by atoms with Crippen molar-refractivity contribution in [3.05, 3.63) is 22.5 Å². The maximum absolute atomic E-state index is 12.0. The third kappa shape index (κ3) is 5.59. The van der Waals surface area contributed by atoms with E-state index >= 15 is 0 Å². The molecule has 138 valence electrons. The Morgan fingerprint density at radius 2 is 1.96 bits per heavy atom. The summed E-state index contributed by atoms with van der Waals surface area (Å²) in [6.45, 7) is 6.75. The number of hydrogen-bond donors (Lipinski definition) is 2. The van der Waals surface area contributed by atoms with Gasteiger partial charge < -0.3 is 0 Å². The number of halogens is 1. The van der Waals surface area contributed by atoms with E-state index in [1.54, 1.807) is 10.8 Å². The van der Waals surface area contributed by atoms with Crippen LogP contribution in [0.15, 0.2) is 6.08 Å². The van der Waals surface area contributed by atoms with E-state index in [2.05, 4.69) is 29.8 Å². The molecule has 1 aliphatic rings. The van der Waals surface area contributed by atoms with E-state index in [4.69, 9.17) is 11.6 Å². The smallest absolute Gasteiger partial charge is 0.262 e. The first-order valence-electron chi connectivity index (χ1n) is 8.89. The maximum atomic E-state index is 12.0. The van der Waals surface area contributed by atoms with Crippen LogP contribution in [0, 0.1) is 18.8 Å². The van der Waals surface area contributed by atoms with E-state index < -0.39 is 5.91 Å². The second kappa shape index (κ2) is 9.04. The second-order valence-electron chi connectivity index (χ2n) is 7.01. The van der Waals surface area contributed by atoms with Crippen LogP contribution in [0.2, 0.25) is 5.15 Å². The molecule has 0 aromatic carbocycles. The van der Waals surface area contributed by atoms with E-state index in [1.807, 2.05) is 6.92 Å². The SMILES string of the molecule is Cc1nn(CC(C)C)c(Cl)c1/C=C/C(=O)NNC(=O)C1CCCCC1. The summed E-state index contributed by atoms with van der Waals surface area (Å²) >= 11 is 6.33. The van der Waals surface area contributed by atoms with Crippen LogP contribution < -0.4 is 10.9 Å². The van der Waals surface area contributed by atoms with Crippen LogP contribution in [-0.2, 0) is 16.1 Å². The van der Waals surface area contributed by atoms with Crippen molar-refractivity contribution in [2.75, 3.05) is 0 Å². The van der Waals surface area contributed by atoms with Gasteiger partial charge in [0.15, 0.2) is 0 Å². The summed E-state index contributed by atoms with van der Waals surface area (Å²) in [5.74, 6) is -0.0763. The largest absolute Gasteiger partial charge is 0.273 e.